The van der Waals surface area contributed by atoms with Crippen molar-refractivity contribution in [3.63, 3.8) is 0 Å². The van der Waals surface area contributed by atoms with E-state index in [0.29, 0.717) is 49.9 Å². The van der Waals surface area contributed by atoms with Crippen molar-refractivity contribution in [3.8, 4) is 5.75 Å². The van der Waals surface area contributed by atoms with Gasteiger partial charge in [-0.15, -0.1) is 0 Å². The second-order valence-electron chi connectivity index (χ2n) is 14.1. The van der Waals surface area contributed by atoms with E-state index < -0.39 is 6.04 Å². The molecule has 232 valence electrons. The standard InChI is InChI=1S/C33H50N4O5/c1-22-9-11-23(12-10-22)36-16-17-37-27(21-36)31(39)34-20-29-26(35-30(38)19-33(2,3)4)14-13-24(42-29)15-18-41-28-8-6-5-7-25(28)32(37)40/h5-8,22-24,26-27,29H,9-21H2,1-4H3,(H,34,39)(H,35,38)/t22?,23?,24-,26+,27-,29+/m0/s1. The predicted molar refractivity (Wildman–Crippen MR) is 161 cm³/mol. The molecule has 0 spiro atoms. The molecule has 2 N–H and O–H groups in total. The van der Waals surface area contributed by atoms with Crippen molar-refractivity contribution < 1.29 is 23.9 Å². The van der Waals surface area contributed by atoms with Crippen LogP contribution in [0, 0.1) is 11.3 Å². The van der Waals surface area contributed by atoms with Crippen LogP contribution < -0.4 is 15.4 Å². The normalized spacial score (nSPS) is 31.6. The summed E-state index contributed by atoms with van der Waals surface area (Å²) < 4.78 is 12.7. The van der Waals surface area contributed by atoms with Crippen molar-refractivity contribution in [2.75, 3.05) is 32.8 Å². The summed E-state index contributed by atoms with van der Waals surface area (Å²) in [5.74, 6) is 0.958. The average molecular weight is 583 g/mol. The molecule has 9 heteroatoms. The van der Waals surface area contributed by atoms with Gasteiger partial charge in [-0.05, 0) is 62.0 Å². The van der Waals surface area contributed by atoms with Gasteiger partial charge in [0.05, 0.1) is 30.4 Å². The molecule has 2 saturated heterocycles. The summed E-state index contributed by atoms with van der Waals surface area (Å²) in [7, 11) is 0. The second kappa shape index (κ2) is 13.3. The second-order valence-corrected chi connectivity index (χ2v) is 14.1. The lowest BCUT2D eigenvalue weighted by Crippen LogP contribution is -2.63. The molecule has 1 aromatic rings. The van der Waals surface area contributed by atoms with Crippen molar-refractivity contribution in [3.05, 3.63) is 29.8 Å². The first-order chi connectivity index (χ1) is 20.1. The van der Waals surface area contributed by atoms with E-state index in [1.807, 2.05) is 39.0 Å². The van der Waals surface area contributed by atoms with Crippen LogP contribution in [-0.4, -0.2) is 90.6 Å². The van der Waals surface area contributed by atoms with Gasteiger partial charge in [0.15, 0.2) is 0 Å². The van der Waals surface area contributed by atoms with Gasteiger partial charge in [0.2, 0.25) is 11.8 Å². The molecule has 9 nitrogen and oxygen atoms in total. The average Bonchev–Trinajstić information content (AvgIpc) is 2.95. The number of nitrogens with one attached hydrogen (secondary N) is 2. The number of ether oxygens (including phenoxy) is 2. The molecule has 1 aromatic carbocycles. The maximum atomic E-state index is 14.0. The summed E-state index contributed by atoms with van der Waals surface area (Å²) in [4.78, 5) is 44.9. The molecule has 0 radical (unpaired) electrons. The first-order valence-corrected chi connectivity index (χ1v) is 16.1. The van der Waals surface area contributed by atoms with Crippen molar-refractivity contribution in [1.82, 2.24) is 20.4 Å². The third-order valence-corrected chi connectivity index (χ3v) is 9.42. The molecule has 4 aliphatic rings. The van der Waals surface area contributed by atoms with E-state index in [1.54, 1.807) is 11.0 Å². The van der Waals surface area contributed by atoms with Crippen LogP contribution in [0.4, 0.5) is 0 Å². The van der Waals surface area contributed by atoms with E-state index in [-0.39, 0.29) is 47.9 Å². The number of piperazine rings is 1. The van der Waals surface area contributed by atoms with Crippen LogP contribution in [0.1, 0.15) is 89.4 Å². The topological polar surface area (TPSA) is 100 Å². The van der Waals surface area contributed by atoms with Crippen LogP contribution in [0.25, 0.3) is 0 Å². The van der Waals surface area contributed by atoms with E-state index in [0.717, 1.165) is 38.1 Å². The highest BCUT2D eigenvalue weighted by atomic mass is 16.5. The Morgan fingerprint density at radius 2 is 1.79 bits per heavy atom. The molecule has 0 aromatic heterocycles. The third kappa shape index (κ3) is 7.64. The van der Waals surface area contributed by atoms with Gasteiger partial charge in [0, 0.05) is 45.1 Å². The first-order valence-electron chi connectivity index (χ1n) is 16.1. The minimum Gasteiger partial charge on any atom is -0.493 e. The number of amides is 3. The Hall–Kier alpha value is -2.65. The number of nitrogens with zero attached hydrogens (tertiary/aromatic N) is 2. The molecule has 3 aliphatic heterocycles. The van der Waals surface area contributed by atoms with Crippen LogP contribution in [0.3, 0.4) is 0 Å². The molecule has 2 bridgehead atoms. The molecule has 5 rings (SSSR count). The number of fused-ring (bicyclic) bond motifs is 4. The Kier molecular flexibility index (Phi) is 9.77. The molecule has 4 atom stereocenters. The third-order valence-electron chi connectivity index (χ3n) is 9.42. The number of carbonyl (C=O) groups is 3. The zero-order chi connectivity index (χ0) is 29.9. The molecule has 3 fully saturated rings. The van der Waals surface area contributed by atoms with Crippen molar-refractivity contribution >= 4 is 17.7 Å². The van der Waals surface area contributed by atoms with E-state index in [1.165, 1.54) is 12.8 Å². The highest BCUT2D eigenvalue weighted by molar-refractivity contribution is 6.00. The highest BCUT2D eigenvalue weighted by Gasteiger charge is 2.40. The quantitative estimate of drug-likeness (QED) is 0.563. The Bertz CT molecular complexity index is 1110. The van der Waals surface area contributed by atoms with E-state index >= 15 is 0 Å². The molecule has 1 saturated carbocycles. The molecule has 3 heterocycles. The number of carbonyl (C=O) groups excluding carboxylic acids is 3. The van der Waals surface area contributed by atoms with Gasteiger partial charge in [0.1, 0.15) is 11.8 Å². The number of hydrogen-bond acceptors (Lipinski definition) is 6. The van der Waals surface area contributed by atoms with Gasteiger partial charge < -0.3 is 25.0 Å². The van der Waals surface area contributed by atoms with E-state index in [4.69, 9.17) is 9.47 Å². The van der Waals surface area contributed by atoms with Crippen molar-refractivity contribution in [2.45, 2.75) is 109 Å². The fourth-order valence-electron chi connectivity index (χ4n) is 7.02. The Morgan fingerprint density at radius 3 is 2.55 bits per heavy atom. The molecule has 3 amide bonds. The summed E-state index contributed by atoms with van der Waals surface area (Å²) >= 11 is 0. The highest BCUT2D eigenvalue weighted by Crippen LogP contribution is 2.31. The number of benzene rings is 1. The fourth-order valence-corrected chi connectivity index (χ4v) is 7.02. The number of hydrogen-bond donors (Lipinski definition) is 2. The van der Waals surface area contributed by atoms with Crippen LogP contribution in [-0.2, 0) is 14.3 Å². The van der Waals surface area contributed by atoms with Crippen LogP contribution in [0.5, 0.6) is 5.75 Å². The van der Waals surface area contributed by atoms with Gasteiger partial charge in [-0.25, -0.2) is 0 Å². The maximum absolute atomic E-state index is 14.0. The summed E-state index contributed by atoms with van der Waals surface area (Å²) in [6, 6.07) is 7.00. The largest absolute Gasteiger partial charge is 0.493 e. The van der Waals surface area contributed by atoms with Crippen LogP contribution >= 0.6 is 0 Å². The summed E-state index contributed by atoms with van der Waals surface area (Å²) in [5.41, 5.74) is 0.378. The SMILES string of the molecule is CC1CCC(N2CCN3C(=O)c4ccccc4OCC[C@@H]4CC[C@@H](NC(=O)CC(C)(C)C)[C@@H](CNC(=O)[C@@H]3C2)O4)CC1. The smallest absolute Gasteiger partial charge is 0.258 e. The number of para-hydroxylation sites is 1. The van der Waals surface area contributed by atoms with Crippen LogP contribution in [0.15, 0.2) is 24.3 Å². The monoisotopic (exact) mass is 582 g/mol. The van der Waals surface area contributed by atoms with Gasteiger partial charge in [-0.3, -0.25) is 19.3 Å². The van der Waals surface area contributed by atoms with Gasteiger partial charge in [0.25, 0.3) is 5.91 Å². The molecule has 42 heavy (non-hydrogen) atoms. The Labute approximate surface area is 251 Å². The van der Waals surface area contributed by atoms with Gasteiger partial charge >= 0.3 is 0 Å². The Morgan fingerprint density at radius 1 is 1.02 bits per heavy atom. The Balaban J connectivity index is 1.37. The van der Waals surface area contributed by atoms with Gasteiger partial charge in [-0.2, -0.15) is 0 Å². The first kappa shape index (κ1) is 30.8. The molecule has 0 unspecified atom stereocenters. The zero-order valence-electron chi connectivity index (χ0n) is 25.9. The minimum absolute atomic E-state index is 0.00159. The lowest BCUT2D eigenvalue weighted by Gasteiger charge is -2.45. The molecular weight excluding hydrogens is 532 g/mol. The summed E-state index contributed by atoms with van der Waals surface area (Å²) in [6.07, 6.45) is 6.92. The lowest BCUT2D eigenvalue weighted by atomic mass is 9.86. The van der Waals surface area contributed by atoms with Gasteiger partial charge in [-0.1, -0.05) is 39.8 Å². The fraction of sp³-hybridized carbons (Fsp3) is 0.727. The molecule has 1 aliphatic carbocycles. The van der Waals surface area contributed by atoms with Crippen LogP contribution in [0.2, 0.25) is 0 Å². The zero-order valence-corrected chi connectivity index (χ0v) is 25.9. The summed E-state index contributed by atoms with van der Waals surface area (Å²) in [5, 5.41) is 6.34. The summed E-state index contributed by atoms with van der Waals surface area (Å²) in [6.45, 7) is 10.9. The minimum atomic E-state index is -0.616. The number of rotatable bonds is 3. The van der Waals surface area contributed by atoms with E-state index in [9.17, 15) is 14.4 Å². The maximum Gasteiger partial charge on any atom is 0.258 e. The molecular formula is C33H50N4O5. The van der Waals surface area contributed by atoms with E-state index in [2.05, 4.69) is 22.5 Å². The lowest BCUT2D eigenvalue weighted by molar-refractivity contribution is -0.132. The predicted octanol–water partition coefficient (Wildman–Crippen LogP) is 3.76. The van der Waals surface area contributed by atoms with Crippen molar-refractivity contribution in [2.24, 2.45) is 11.3 Å². The van der Waals surface area contributed by atoms with Crippen molar-refractivity contribution in [1.29, 1.82) is 0 Å².